The Kier molecular flexibility index (Phi) is 1.48. The van der Waals surface area contributed by atoms with Gasteiger partial charge in [0.15, 0.2) is 0 Å². The predicted molar refractivity (Wildman–Crippen MR) is 64.2 cm³/mol. The Balaban J connectivity index is 1.97. The maximum Gasteiger partial charge on any atom is 0.0966 e. The summed E-state index contributed by atoms with van der Waals surface area (Å²) in [4.78, 5) is 4.50. The summed E-state index contributed by atoms with van der Waals surface area (Å²) >= 11 is 0. The molecule has 0 N–H and O–H groups in total. The molecule has 2 nitrogen and oxygen atoms in total. The highest BCUT2D eigenvalue weighted by Crippen LogP contribution is 2.48. The maximum atomic E-state index is 4.50. The van der Waals surface area contributed by atoms with Crippen molar-refractivity contribution < 1.29 is 0 Å². The lowest BCUT2D eigenvalue weighted by Crippen LogP contribution is -2.25. The number of fused-ring (bicyclic) bond motifs is 3. The van der Waals surface area contributed by atoms with Crippen molar-refractivity contribution in [2.45, 2.75) is 24.8 Å². The lowest BCUT2D eigenvalue weighted by molar-refractivity contribution is 0.399. The Labute approximate surface area is 94.6 Å². The van der Waals surface area contributed by atoms with E-state index in [-0.39, 0.29) is 5.54 Å². The van der Waals surface area contributed by atoms with E-state index in [9.17, 15) is 0 Å². The van der Waals surface area contributed by atoms with Gasteiger partial charge in [0, 0.05) is 0 Å². The molecule has 1 aromatic heterocycles. The van der Waals surface area contributed by atoms with Gasteiger partial charge in [-0.2, -0.15) is 0 Å². The third-order valence-electron chi connectivity index (χ3n) is 4.18. The van der Waals surface area contributed by atoms with Crippen LogP contribution in [-0.4, -0.2) is 9.55 Å². The molecule has 4 rings (SSSR count). The number of nitrogens with zero attached hydrogens (tertiary/aromatic N) is 2. The Morgan fingerprint density at radius 1 is 1.31 bits per heavy atom. The summed E-state index contributed by atoms with van der Waals surface area (Å²) in [6, 6.07) is 8.42. The fourth-order valence-electron chi connectivity index (χ4n) is 3.34. The third-order valence-corrected chi connectivity index (χ3v) is 4.18. The number of hydrogen-bond acceptors (Lipinski definition) is 1. The molecule has 1 heterocycles. The molecular formula is C14H14N2. The van der Waals surface area contributed by atoms with E-state index < -0.39 is 0 Å². The van der Waals surface area contributed by atoms with Crippen molar-refractivity contribution in [2.75, 3.05) is 0 Å². The fourth-order valence-corrected chi connectivity index (χ4v) is 3.34. The number of aromatic nitrogens is 2. The van der Waals surface area contributed by atoms with Crippen LogP contribution in [0.25, 0.3) is 11.0 Å². The molecule has 2 aliphatic rings. The zero-order valence-corrected chi connectivity index (χ0v) is 9.13. The molecule has 1 fully saturated rings. The average Bonchev–Trinajstić information content (AvgIpc) is 3.02. The Hall–Kier alpha value is -1.57. The van der Waals surface area contributed by atoms with Crippen LogP contribution >= 0.6 is 0 Å². The van der Waals surface area contributed by atoms with Crippen LogP contribution in [0.3, 0.4) is 0 Å². The highest BCUT2D eigenvalue weighted by atomic mass is 15.1. The van der Waals surface area contributed by atoms with Gasteiger partial charge in [-0.1, -0.05) is 24.3 Å². The van der Waals surface area contributed by atoms with Crippen molar-refractivity contribution in [3.63, 3.8) is 0 Å². The highest BCUT2D eigenvalue weighted by Gasteiger charge is 2.42. The summed E-state index contributed by atoms with van der Waals surface area (Å²) in [6.07, 6.45) is 10.7. The van der Waals surface area contributed by atoms with Gasteiger partial charge in [0.1, 0.15) is 0 Å². The number of hydrogen-bond donors (Lipinski definition) is 0. The Morgan fingerprint density at radius 3 is 3.00 bits per heavy atom. The molecule has 0 aliphatic heterocycles. The number of benzene rings is 1. The van der Waals surface area contributed by atoms with Gasteiger partial charge < -0.3 is 4.57 Å². The van der Waals surface area contributed by atoms with Gasteiger partial charge in [-0.3, -0.25) is 0 Å². The molecule has 2 atom stereocenters. The van der Waals surface area contributed by atoms with Crippen LogP contribution in [0.5, 0.6) is 0 Å². The zero-order chi connectivity index (χ0) is 10.6. The van der Waals surface area contributed by atoms with Crippen LogP contribution in [0.1, 0.15) is 19.3 Å². The molecule has 80 valence electrons. The van der Waals surface area contributed by atoms with E-state index in [1.54, 1.807) is 0 Å². The average molecular weight is 210 g/mol. The van der Waals surface area contributed by atoms with Crippen molar-refractivity contribution in [3.8, 4) is 0 Å². The van der Waals surface area contributed by atoms with Gasteiger partial charge in [-0.25, -0.2) is 4.98 Å². The van der Waals surface area contributed by atoms with Crippen LogP contribution in [-0.2, 0) is 5.54 Å². The van der Waals surface area contributed by atoms with E-state index >= 15 is 0 Å². The minimum Gasteiger partial charge on any atom is -0.321 e. The van der Waals surface area contributed by atoms with E-state index in [0.29, 0.717) is 0 Å². The van der Waals surface area contributed by atoms with Crippen molar-refractivity contribution >= 4 is 11.0 Å². The van der Waals surface area contributed by atoms with Gasteiger partial charge in [-0.15, -0.1) is 0 Å². The highest BCUT2D eigenvalue weighted by molar-refractivity contribution is 5.75. The minimum atomic E-state index is 0.237. The molecule has 0 saturated heterocycles. The summed E-state index contributed by atoms with van der Waals surface area (Å²) in [5.41, 5.74) is 2.62. The van der Waals surface area contributed by atoms with E-state index in [4.69, 9.17) is 0 Å². The second-order valence-electron chi connectivity index (χ2n) is 5.07. The zero-order valence-electron chi connectivity index (χ0n) is 9.13. The molecular weight excluding hydrogens is 196 g/mol. The van der Waals surface area contributed by atoms with Gasteiger partial charge in [0.05, 0.1) is 22.9 Å². The third kappa shape index (κ3) is 0.946. The minimum absolute atomic E-state index is 0.237. The van der Waals surface area contributed by atoms with Crippen LogP contribution < -0.4 is 0 Å². The van der Waals surface area contributed by atoms with Gasteiger partial charge >= 0.3 is 0 Å². The van der Waals surface area contributed by atoms with Gasteiger partial charge in [-0.05, 0) is 37.3 Å². The fraction of sp³-hybridized carbons (Fsp3) is 0.357. The maximum absolute atomic E-state index is 4.50. The van der Waals surface area contributed by atoms with Crippen molar-refractivity contribution in [3.05, 3.63) is 42.7 Å². The Bertz CT molecular complexity index is 581. The molecule has 16 heavy (non-hydrogen) atoms. The van der Waals surface area contributed by atoms with E-state index in [2.05, 4.69) is 46.0 Å². The number of rotatable bonds is 1. The molecule has 1 saturated carbocycles. The summed E-state index contributed by atoms with van der Waals surface area (Å²) in [5, 5.41) is 0. The molecule has 2 unspecified atom stereocenters. The monoisotopic (exact) mass is 210 g/mol. The summed E-state index contributed by atoms with van der Waals surface area (Å²) < 4.78 is 2.38. The molecule has 2 aliphatic carbocycles. The molecule has 2 bridgehead atoms. The summed E-state index contributed by atoms with van der Waals surface area (Å²) in [6.45, 7) is 0. The topological polar surface area (TPSA) is 17.8 Å². The standard InChI is InChI=1S/C14H14N2/c1-2-4-13-12(3-1)15-10-16(13)14-7-5-11(9-14)6-8-14/h1-5,7,10-11H,6,8-9H2. The number of para-hydroxylation sites is 2. The first kappa shape index (κ1) is 8.57. The van der Waals surface area contributed by atoms with Crippen molar-refractivity contribution in [2.24, 2.45) is 5.92 Å². The molecule has 1 aromatic carbocycles. The molecule has 0 radical (unpaired) electrons. The molecule has 2 heteroatoms. The van der Waals surface area contributed by atoms with Crippen LogP contribution in [0, 0.1) is 5.92 Å². The normalized spacial score (nSPS) is 31.6. The van der Waals surface area contributed by atoms with Crippen LogP contribution in [0.2, 0.25) is 0 Å². The quantitative estimate of drug-likeness (QED) is 0.661. The lowest BCUT2D eigenvalue weighted by Gasteiger charge is -2.26. The van der Waals surface area contributed by atoms with Gasteiger partial charge in [0.25, 0.3) is 0 Å². The number of imidazole rings is 1. The lowest BCUT2D eigenvalue weighted by atomic mass is 9.98. The number of allylic oxidation sites excluding steroid dienone is 2. The predicted octanol–water partition coefficient (Wildman–Crippen LogP) is 3.10. The summed E-state index contributed by atoms with van der Waals surface area (Å²) in [5.74, 6) is 0.807. The van der Waals surface area contributed by atoms with Gasteiger partial charge in [0.2, 0.25) is 0 Å². The SMILES string of the molecule is C1=CC2(n3cnc4ccccc43)CCC1C2. The Morgan fingerprint density at radius 2 is 2.25 bits per heavy atom. The molecule has 2 aromatic rings. The van der Waals surface area contributed by atoms with E-state index in [1.807, 2.05) is 6.33 Å². The second-order valence-corrected chi connectivity index (χ2v) is 5.07. The van der Waals surface area contributed by atoms with Crippen LogP contribution in [0.4, 0.5) is 0 Å². The first-order valence-corrected chi connectivity index (χ1v) is 5.99. The molecule has 0 amide bonds. The van der Waals surface area contributed by atoms with E-state index in [0.717, 1.165) is 11.4 Å². The summed E-state index contributed by atoms with van der Waals surface area (Å²) in [7, 11) is 0. The van der Waals surface area contributed by atoms with Crippen LogP contribution in [0.15, 0.2) is 42.7 Å². The van der Waals surface area contributed by atoms with E-state index in [1.165, 1.54) is 24.8 Å². The van der Waals surface area contributed by atoms with Crippen molar-refractivity contribution in [1.82, 2.24) is 9.55 Å². The van der Waals surface area contributed by atoms with Crippen molar-refractivity contribution in [1.29, 1.82) is 0 Å². The first-order valence-electron chi connectivity index (χ1n) is 5.99. The first-order chi connectivity index (χ1) is 7.87. The largest absolute Gasteiger partial charge is 0.321 e. The second kappa shape index (κ2) is 2.76. The smallest absolute Gasteiger partial charge is 0.0966 e. The molecule has 0 spiro atoms.